The van der Waals surface area contributed by atoms with E-state index in [2.05, 4.69) is 19.8 Å². The lowest BCUT2D eigenvalue weighted by atomic mass is 9.93. The van der Waals surface area contributed by atoms with Gasteiger partial charge in [-0.2, -0.15) is 0 Å². The zero-order valence-electron chi connectivity index (χ0n) is 11.6. The normalized spacial score (nSPS) is 21.5. The lowest BCUT2D eigenvalue weighted by Gasteiger charge is -2.14. The number of hydrogen-bond acceptors (Lipinski definition) is 6. The summed E-state index contributed by atoms with van der Waals surface area (Å²) in [6, 6.07) is 4.53. The highest BCUT2D eigenvalue weighted by atomic mass is 32.1. The number of anilines is 1. The monoisotopic (exact) mass is 339 g/mol. The molecule has 9 heteroatoms. The highest BCUT2D eigenvalue weighted by Crippen LogP contribution is 2.45. The number of alkyl halides is 2. The van der Waals surface area contributed by atoms with Gasteiger partial charge in [-0.1, -0.05) is 6.07 Å². The molecule has 6 nitrogen and oxygen atoms in total. The fraction of sp³-hybridized carbons (Fsp3) is 0.286. The van der Waals surface area contributed by atoms with E-state index in [9.17, 15) is 13.6 Å². The molecule has 120 valence electrons. The summed E-state index contributed by atoms with van der Waals surface area (Å²) in [5.74, 6) is -0.524. The van der Waals surface area contributed by atoms with E-state index in [1.54, 1.807) is 6.07 Å². The van der Waals surface area contributed by atoms with Crippen molar-refractivity contribution in [3.8, 4) is 11.5 Å². The molecule has 1 unspecified atom stereocenters. The Labute approximate surface area is 133 Å². The van der Waals surface area contributed by atoms with Gasteiger partial charge in [0.2, 0.25) is 5.91 Å². The number of hydrogen-bond donors (Lipinski definition) is 2. The van der Waals surface area contributed by atoms with Crippen LogP contribution < -0.4 is 20.5 Å². The molecule has 0 saturated carbocycles. The summed E-state index contributed by atoms with van der Waals surface area (Å²) in [5, 5.41) is 3.16. The zero-order valence-corrected chi connectivity index (χ0v) is 12.5. The molecule has 0 bridgehead atoms. The summed E-state index contributed by atoms with van der Waals surface area (Å²) in [4.78, 5) is 17.0. The Morgan fingerprint density at radius 1 is 1.35 bits per heavy atom. The molecule has 0 saturated heterocycles. The number of ether oxygens (including phenoxy) is 2. The van der Waals surface area contributed by atoms with Gasteiger partial charge < -0.3 is 20.5 Å². The van der Waals surface area contributed by atoms with E-state index in [1.807, 2.05) is 0 Å². The molecule has 2 aliphatic rings. The maximum atomic E-state index is 13.1. The maximum absolute atomic E-state index is 13.1. The van der Waals surface area contributed by atoms with Crippen molar-refractivity contribution in [1.29, 1.82) is 0 Å². The van der Waals surface area contributed by atoms with E-state index in [0.29, 0.717) is 22.9 Å². The fourth-order valence-electron chi connectivity index (χ4n) is 2.77. The topological polar surface area (TPSA) is 86.5 Å². The van der Waals surface area contributed by atoms with Crippen LogP contribution in [0.15, 0.2) is 18.2 Å². The first kappa shape index (κ1) is 14.2. The van der Waals surface area contributed by atoms with Crippen LogP contribution in [0.5, 0.6) is 11.5 Å². The smallest absolute Gasteiger partial charge is 0.395 e. The van der Waals surface area contributed by atoms with Gasteiger partial charge >= 0.3 is 6.29 Å². The number of benzene rings is 1. The van der Waals surface area contributed by atoms with E-state index in [-0.39, 0.29) is 29.7 Å². The van der Waals surface area contributed by atoms with Gasteiger partial charge in [0.1, 0.15) is 0 Å². The third kappa shape index (κ3) is 2.46. The molecule has 1 aromatic heterocycles. The number of halogens is 2. The van der Waals surface area contributed by atoms with Crippen LogP contribution >= 0.6 is 11.3 Å². The molecule has 3 heterocycles. The number of thiazole rings is 1. The Bertz CT molecular complexity index is 809. The minimum atomic E-state index is -3.66. The second-order valence-corrected chi connectivity index (χ2v) is 6.33. The lowest BCUT2D eigenvalue weighted by molar-refractivity contribution is -0.286. The average Bonchev–Trinajstić information content (AvgIpc) is 2.94. The molecular formula is C14H11F2N3O3S. The Morgan fingerprint density at radius 2 is 2.13 bits per heavy atom. The van der Waals surface area contributed by atoms with E-state index in [4.69, 9.17) is 5.73 Å². The zero-order chi connectivity index (χ0) is 16.2. The number of aromatic nitrogens is 1. The molecule has 1 atom stereocenters. The first-order valence-corrected chi connectivity index (χ1v) is 7.64. The van der Waals surface area contributed by atoms with Crippen molar-refractivity contribution in [2.75, 3.05) is 5.73 Å². The van der Waals surface area contributed by atoms with Crippen molar-refractivity contribution < 1.29 is 23.0 Å². The molecule has 2 aromatic rings. The summed E-state index contributed by atoms with van der Waals surface area (Å²) < 4.78 is 35.2. The lowest BCUT2D eigenvalue weighted by Crippen LogP contribution is -2.25. The predicted molar refractivity (Wildman–Crippen MR) is 77.5 cm³/mol. The number of nitrogens with two attached hydrogens (primary N) is 1. The summed E-state index contributed by atoms with van der Waals surface area (Å²) in [5.41, 5.74) is 7.13. The number of fused-ring (bicyclic) bond motifs is 2. The standard InChI is InChI=1S/C14H11F2N3O3S/c15-14(16)21-9-2-1-6(3-10(9)22-14)7-4-11(20)18-5-8-12(7)23-13(17)19-8/h1-3,7H,4-5H2,(H2,17,19)(H,18,20). The molecule has 3 N–H and O–H groups in total. The number of nitrogens with zero attached hydrogens (tertiary/aromatic N) is 1. The molecular weight excluding hydrogens is 328 g/mol. The molecule has 1 amide bonds. The summed E-state index contributed by atoms with van der Waals surface area (Å²) in [6.45, 7) is 0.307. The van der Waals surface area contributed by atoms with Crippen molar-refractivity contribution >= 4 is 22.4 Å². The van der Waals surface area contributed by atoms with Gasteiger partial charge in [0.05, 0.1) is 12.2 Å². The second-order valence-electron chi connectivity index (χ2n) is 5.27. The molecule has 0 aliphatic carbocycles. The Kier molecular flexibility index (Phi) is 2.95. The predicted octanol–water partition coefficient (Wildman–Crippen LogP) is 2.20. The van der Waals surface area contributed by atoms with Crippen molar-refractivity contribution in [3.05, 3.63) is 34.3 Å². The van der Waals surface area contributed by atoms with Crippen LogP contribution in [0.3, 0.4) is 0 Å². The van der Waals surface area contributed by atoms with Gasteiger partial charge in [0, 0.05) is 17.2 Å². The van der Waals surface area contributed by atoms with Crippen LogP contribution in [0, 0.1) is 0 Å². The van der Waals surface area contributed by atoms with Gasteiger partial charge in [0.15, 0.2) is 16.6 Å². The number of rotatable bonds is 1. The number of carbonyl (C=O) groups excluding carboxylic acids is 1. The molecule has 2 aliphatic heterocycles. The van der Waals surface area contributed by atoms with Crippen molar-refractivity contribution in [2.24, 2.45) is 0 Å². The average molecular weight is 339 g/mol. The Hall–Kier alpha value is -2.42. The van der Waals surface area contributed by atoms with Gasteiger partial charge in [-0.25, -0.2) is 4.98 Å². The molecule has 23 heavy (non-hydrogen) atoms. The van der Waals surface area contributed by atoms with E-state index in [0.717, 1.165) is 4.88 Å². The van der Waals surface area contributed by atoms with E-state index < -0.39 is 6.29 Å². The summed E-state index contributed by atoms with van der Waals surface area (Å²) >= 11 is 1.30. The number of amides is 1. The Morgan fingerprint density at radius 3 is 2.96 bits per heavy atom. The highest BCUT2D eigenvalue weighted by Gasteiger charge is 2.43. The van der Waals surface area contributed by atoms with Crippen LogP contribution in [0.2, 0.25) is 0 Å². The fourth-order valence-corrected chi connectivity index (χ4v) is 3.74. The number of nitrogen functional groups attached to an aromatic ring is 1. The van der Waals surface area contributed by atoms with Crippen LogP contribution in [0.25, 0.3) is 0 Å². The third-order valence-corrected chi connectivity index (χ3v) is 4.77. The maximum Gasteiger partial charge on any atom is 0.586 e. The Balaban J connectivity index is 1.76. The SMILES string of the molecule is Nc1nc2c(s1)C(c1ccc3c(c1)OC(F)(F)O3)CC(=O)NC2. The minimum absolute atomic E-state index is 0.0270. The largest absolute Gasteiger partial charge is 0.586 e. The van der Waals surface area contributed by atoms with Gasteiger partial charge in [0.25, 0.3) is 0 Å². The van der Waals surface area contributed by atoms with Crippen LogP contribution in [-0.2, 0) is 11.3 Å². The highest BCUT2D eigenvalue weighted by molar-refractivity contribution is 7.15. The summed E-state index contributed by atoms with van der Waals surface area (Å²) in [6.07, 6.45) is -3.48. The number of carbonyl (C=O) groups is 1. The second kappa shape index (κ2) is 4.79. The molecule has 0 radical (unpaired) electrons. The minimum Gasteiger partial charge on any atom is -0.395 e. The van der Waals surface area contributed by atoms with Crippen LogP contribution in [0.4, 0.5) is 13.9 Å². The van der Waals surface area contributed by atoms with Crippen molar-refractivity contribution in [3.63, 3.8) is 0 Å². The third-order valence-electron chi connectivity index (χ3n) is 3.73. The van der Waals surface area contributed by atoms with Crippen molar-refractivity contribution in [2.45, 2.75) is 25.2 Å². The molecule has 0 fully saturated rings. The number of nitrogens with one attached hydrogen (secondary N) is 1. The van der Waals surface area contributed by atoms with Crippen molar-refractivity contribution in [1.82, 2.24) is 10.3 Å². The van der Waals surface area contributed by atoms with Gasteiger partial charge in [-0.05, 0) is 17.7 Å². The summed E-state index contributed by atoms with van der Waals surface area (Å²) in [7, 11) is 0. The molecule has 4 rings (SSSR count). The quantitative estimate of drug-likeness (QED) is 0.832. The van der Waals surface area contributed by atoms with Gasteiger partial charge in [-0.15, -0.1) is 20.1 Å². The van der Waals surface area contributed by atoms with E-state index in [1.165, 1.54) is 23.5 Å². The molecule has 0 spiro atoms. The molecule has 1 aromatic carbocycles. The van der Waals surface area contributed by atoms with Crippen LogP contribution in [-0.4, -0.2) is 17.2 Å². The van der Waals surface area contributed by atoms with Crippen LogP contribution in [0.1, 0.15) is 28.5 Å². The first-order valence-electron chi connectivity index (χ1n) is 6.83. The van der Waals surface area contributed by atoms with Gasteiger partial charge in [-0.3, -0.25) is 4.79 Å². The van der Waals surface area contributed by atoms with E-state index >= 15 is 0 Å². The first-order chi connectivity index (χ1) is 10.9.